The summed E-state index contributed by atoms with van der Waals surface area (Å²) < 4.78 is 16.9. The van der Waals surface area contributed by atoms with E-state index in [0.717, 1.165) is 128 Å². The molecule has 0 aromatic rings. The van der Waals surface area contributed by atoms with Crippen molar-refractivity contribution in [1.82, 2.24) is 0 Å². The number of allylic oxidation sites excluding steroid dienone is 14. The van der Waals surface area contributed by atoms with E-state index in [1.54, 1.807) is 0 Å². The first kappa shape index (κ1) is 65.6. The number of hydrogen-bond donors (Lipinski definition) is 0. The third kappa shape index (κ3) is 55.4. The second-order valence-electron chi connectivity index (χ2n) is 19.2. The Bertz CT molecular complexity index is 1330. The van der Waals surface area contributed by atoms with Gasteiger partial charge < -0.3 is 14.2 Å². The van der Waals surface area contributed by atoms with Gasteiger partial charge in [-0.15, -0.1) is 0 Å². The van der Waals surface area contributed by atoms with Crippen molar-refractivity contribution < 1.29 is 28.6 Å². The van der Waals surface area contributed by atoms with Crippen LogP contribution in [0, 0.1) is 0 Å². The molecule has 0 aliphatic carbocycles. The molecule has 69 heavy (non-hydrogen) atoms. The first-order valence-corrected chi connectivity index (χ1v) is 29.1. The smallest absolute Gasteiger partial charge is 0.306 e. The molecular weight excluding hydrogens is 853 g/mol. The first-order chi connectivity index (χ1) is 34.0. The van der Waals surface area contributed by atoms with Gasteiger partial charge in [0.25, 0.3) is 0 Å². The van der Waals surface area contributed by atoms with Crippen LogP contribution in [0.3, 0.4) is 0 Å². The summed E-state index contributed by atoms with van der Waals surface area (Å²) in [5.41, 5.74) is 0. The molecule has 0 rings (SSSR count). The molecule has 0 fully saturated rings. The SMILES string of the molecule is CC/C=C\C/C=C\C/C=C\C/C=C\C/C=C\CCCCCCCCCC(=O)OCC(COC(=O)CCCCCCC/C=C\C/C=C\CCC)OC(=O)CCCCCCCCCCCCCCCCC. The zero-order chi connectivity index (χ0) is 50.0. The Labute approximate surface area is 426 Å². The van der Waals surface area contributed by atoms with Crippen LogP contribution in [0.1, 0.15) is 278 Å². The number of carbonyl (C=O) groups excluding carboxylic acids is 3. The molecule has 0 N–H and O–H groups in total. The molecule has 6 heteroatoms. The predicted molar refractivity (Wildman–Crippen MR) is 297 cm³/mol. The van der Waals surface area contributed by atoms with Gasteiger partial charge in [-0.2, -0.15) is 0 Å². The van der Waals surface area contributed by atoms with E-state index in [-0.39, 0.29) is 31.1 Å². The molecule has 0 aromatic carbocycles. The number of carbonyl (C=O) groups is 3. The lowest BCUT2D eigenvalue weighted by Gasteiger charge is -2.18. The van der Waals surface area contributed by atoms with Gasteiger partial charge in [0, 0.05) is 19.3 Å². The molecule has 0 spiro atoms. The van der Waals surface area contributed by atoms with Gasteiger partial charge in [0.2, 0.25) is 0 Å². The van der Waals surface area contributed by atoms with Crippen LogP contribution in [0.5, 0.6) is 0 Å². The average Bonchev–Trinajstić information content (AvgIpc) is 3.35. The average molecular weight is 962 g/mol. The highest BCUT2D eigenvalue weighted by molar-refractivity contribution is 5.71. The highest BCUT2D eigenvalue weighted by Gasteiger charge is 2.19. The highest BCUT2D eigenvalue weighted by Crippen LogP contribution is 2.16. The lowest BCUT2D eigenvalue weighted by molar-refractivity contribution is -0.167. The monoisotopic (exact) mass is 961 g/mol. The molecule has 0 saturated heterocycles. The van der Waals surface area contributed by atoms with Crippen molar-refractivity contribution in [2.24, 2.45) is 0 Å². The van der Waals surface area contributed by atoms with Crippen molar-refractivity contribution >= 4 is 17.9 Å². The molecule has 6 nitrogen and oxygen atoms in total. The minimum Gasteiger partial charge on any atom is -0.462 e. The number of unbranched alkanes of at least 4 members (excludes halogenated alkanes) is 27. The molecule has 0 heterocycles. The Morgan fingerprint density at radius 1 is 0.304 bits per heavy atom. The minimum atomic E-state index is -0.786. The summed E-state index contributed by atoms with van der Waals surface area (Å²) in [5, 5.41) is 0. The van der Waals surface area contributed by atoms with Crippen molar-refractivity contribution in [3.05, 3.63) is 85.1 Å². The quantitative estimate of drug-likeness (QED) is 0.0262. The van der Waals surface area contributed by atoms with Crippen LogP contribution in [0.2, 0.25) is 0 Å². The van der Waals surface area contributed by atoms with Gasteiger partial charge in [-0.3, -0.25) is 14.4 Å². The van der Waals surface area contributed by atoms with Gasteiger partial charge in [0.15, 0.2) is 6.10 Å². The predicted octanol–water partition coefficient (Wildman–Crippen LogP) is 19.5. The van der Waals surface area contributed by atoms with Crippen LogP contribution in [-0.2, 0) is 28.6 Å². The van der Waals surface area contributed by atoms with Crippen LogP contribution < -0.4 is 0 Å². The Morgan fingerprint density at radius 2 is 0.594 bits per heavy atom. The molecular formula is C63H108O6. The molecule has 0 radical (unpaired) electrons. The van der Waals surface area contributed by atoms with Crippen molar-refractivity contribution in [2.75, 3.05) is 13.2 Å². The fourth-order valence-electron chi connectivity index (χ4n) is 8.04. The molecule has 0 saturated carbocycles. The second kappa shape index (κ2) is 57.2. The lowest BCUT2D eigenvalue weighted by Crippen LogP contribution is -2.30. The Kier molecular flexibility index (Phi) is 54.3. The van der Waals surface area contributed by atoms with Gasteiger partial charge in [-0.05, 0) is 89.9 Å². The fourth-order valence-corrected chi connectivity index (χ4v) is 8.04. The van der Waals surface area contributed by atoms with Crippen molar-refractivity contribution in [2.45, 2.75) is 284 Å². The number of ether oxygens (including phenoxy) is 3. The Balaban J connectivity index is 4.36. The van der Waals surface area contributed by atoms with Crippen molar-refractivity contribution in [3.63, 3.8) is 0 Å². The maximum absolute atomic E-state index is 12.8. The molecule has 1 atom stereocenters. The summed E-state index contributed by atoms with van der Waals surface area (Å²) in [5.74, 6) is -0.901. The summed E-state index contributed by atoms with van der Waals surface area (Å²) in [6.07, 6.45) is 74.3. The van der Waals surface area contributed by atoms with Gasteiger partial charge >= 0.3 is 17.9 Å². The maximum Gasteiger partial charge on any atom is 0.306 e. The van der Waals surface area contributed by atoms with Gasteiger partial charge in [-0.1, -0.05) is 254 Å². The fraction of sp³-hybridized carbons (Fsp3) is 0.730. The standard InChI is InChI=1S/C63H108O6/c1-4-7-10-13-16-19-22-25-27-28-29-30-31-32-33-34-36-38-41-44-47-50-53-56-62(65)68-59-60(58-67-61(64)55-52-49-46-43-40-37-24-21-18-15-12-9-6-3)69-63(66)57-54-51-48-45-42-39-35-26-23-20-17-14-11-8-5-2/h7,10,12,15-16,19,21,24-25,27,29-30,32-33,60H,4-6,8-9,11,13-14,17-18,20,22-23,26,28,31,34-59H2,1-3H3/b10-7-,15-12-,19-16-,24-21-,27-25-,30-29-,33-32-. The topological polar surface area (TPSA) is 78.9 Å². The van der Waals surface area contributed by atoms with Crippen LogP contribution in [0.25, 0.3) is 0 Å². The van der Waals surface area contributed by atoms with Crippen molar-refractivity contribution in [1.29, 1.82) is 0 Å². The molecule has 0 bridgehead atoms. The summed E-state index contributed by atoms with van der Waals surface area (Å²) in [6.45, 7) is 6.46. The number of esters is 3. The molecule has 0 amide bonds. The summed E-state index contributed by atoms with van der Waals surface area (Å²) in [7, 11) is 0. The van der Waals surface area contributed by atoms with E-state index >= 15 is 0 Å². The normalized spacial score (nSPS) is 12.7. The van der Waals surface area contributed by atoms with Crippen LogP contribution in [0.15, 0.2) is 85.1 Å². The van der Waals surface area contributed by atoms with E-state index in [1.807, 2.05) is 0 Å². The third-order valence-corrected chi connectivity index (χ3v) is 12.4. The van der Waals surface area contributed by atoms with Gasteiger partial charge in [0.1, 0.15) is 13.2 Å². The van der Waals surface area contributed by atoms with Gasteiger partial charge in [0.05, 0.1) is 0 Å². The molecule has 0 aliphatic rings. The van der Waals surface area contributed by atoms with E-state index in [0.29, 0.717) is 19.3 Å². The summed E-state index contributed by atoms with van der Waals surface area (Å²) in [4.78, 5) is 38.1. The Hall–Kier alpha value is -3.41. The van der Waals surface area contributed by atoms with E-state index in [2.05, 4.69) is 106 Å². The van der Waals surface area contributed by atoms with E-state index in [9.17, 15) is 14.4 Å². The van der Waals surface area contributed by atoms with Crippen LogP contribution in [-0.4, -0.2) is 37.2 Å². The lowest BCUT2D eigenvalue weighted by atomic mass is 10.0. The zero-order valence-corrected chi connectivity index (χ0v) is 45.3. The van der Waals surface area contributed by atoms with Crippen LogP contribution in [0.4, 0.5) is 0 Å². The van der Waals surface area contributed by atoms with E-state index < -0.39 is 6.10 Å². The van der Waals surface area contributed by atoms with Crippen molar-refractivity contribution in [3.8, 4) is 0 Å². The number of rotatable bonds is 52. The van der Waals surface area contributed by atoms with E-state index in [1.165, 1.54) is 109 Å². The maximum atomic E-state index is 12.8. The second-order valence-corrected chi connectivity index (χ2v) is 19.2. The van der Waals surface area contributed by atoms with E-state index in [4.69, 9.17) is 14.2 Å². The van der Waals surface area contributed by atoms with Gasteiger partial charge in [-0.25, -0.2) is 0 Å². The zero-order valence-electron chi connectivity index (χ0n) is 45.3. The summed E-state index contributed by atoms with van der Waals surface area (Å²) in [6, 6.07) is 0. The third-order valence-electron chi connectivity index (χ3n) is 12.4. The summed E-state index contributed by atoms with van der Waals surface area (Å²) >= 11 is 0. The van der Waals surface area contributed by atoms with Crippen LogP contribution >= 0.6 is 0 Å². The minimum absolute atomic E-state index is 0.0852. The largest absolute Gasteiger partial charge is 0.462 e. The molecule has 0 aliphatic heterocycles. The number of hydrogen-bond acceptors (Lipinski definition) is 6. The molecule has 1 unspecified atom stereocenters. The first-order valence-electron chi connectivity index (χ1n) is 29.1. The highest BCUT2D eigenvalue weighted by atomic mass is 16.6. The molecule has 396 valence electrons. The molecule has 0 aromatic heterocycles. The Morgan fingerprint density at radius 3 is 0.942 bits per heavy atom.